The number of para-hydroxylation sites is 1. The molecule has 3 aromatic rings. The lowest BCUT2D eigenvalue weighted by Crippen LogP contribution is -2.30. The van der Waals surface area contributed by atoms with Gasteiger partial charge in [0, 0.05) is 24.2 Å². The third-order valence-electron chi connectivity index (χ3n) is 4.88. The van der Waals surface area contributed by atoms with Gasteiger partial charge in [0.2, 0.25) is 0 Å². The SMILES string of the molecule is COc1ccccc1C(=O)Nc1ccc2ncnc(N3CCCCC3)c2c1. The fourth-order valence-electron chi connectivity index (χ4n) is 3.51. The molecule has 0 radical (unpaired) electrons. The van der Waals surface area contributed by atoms with E-state index in [1.54, 1.807) is 25.6 Å². The Morgan fingerprint density at radius 3 is 2.70 bits per heavy atom. The lowest BCUT2D eigenvalue weighted by Gasteiger charge is -2.28. The standard InChI is InChI=1S/C21H22N4O2/c1-27-19-8-4-3-7-16(19)21(26)24-15-9-10-18-17(13-15)20(23-14-22-18)25-11-5-2-6-12-25/h3-4,7-10,13-14H,2,5-6,11-12H2,1H3,(H,24,26). The van der Waals surface area contributed by atoms with Crippen LogP contribution in [0.5, 0.6) is 5.75 Å². The van der Waals surface area contributed by atoms with Crippen LogP contribution in [0.2, 0.25) is 0 Å². The van der Waals surface area contributed by atoms with Gasteiger partial charge < -0.3 is 15.0 Å². The molecule has 1 saturated heterocycles. The van der Waals surface area contributed by atoms with Crippen LogP contribution in [0.4, 0.5) is 11.5 Å². The normalized spacial score (nSPS) is 14.2. The number of rotatable bonds is 4. The zero-order chi connectivity index (χ0) is 18.6. The van der Waals surface area contributed by atoms with E-state index in [1.165, 1.54) is 19.3 Å². The van der Waals surface area contributed by atoms with Crippen molar-refractivity contribution in [3.63, 3.8) is 0 Å². The number of carbonyl (C=O) groups is 1. The summed E-state index contributed by atoms with van der Waals surface area (Å²) in [5.74, 6) is 1.28. The monoisotopic (exact) mass is 362 g/mol. The number of piperidine rings is 1. The van der Waals surface area contributed by atoms with Gasteiger partial charge in [-0.3, -0.25) is 4.79 Å². The lowest BCUT2D eigenvalue weighted by molar-refractivity contribution is 0.102. The Hall–Kier alpha value is -3.15. The van der Waals surface area contributed by atoms with Crippen molar-refractivity contribution in [2.75, 3.05) is 30.4 Å². The summed E-state index contributed by atoms with van der Waals surface area (Å²) in [6.07, 6.45) is 5.23. The molecule has 2 aromatic carbocycles. The van der Waals surface area contributed by atoms with Gasteiger partial charge in [0.1, 0.15) is 17.9 Å². The fraction of sp³-hybridized carbons (Fsp3) is 0.286. The average molecular weight is 362 g/mol. The molecule has 0 saturated carbocycles. The first kappa shape index (κ1) is 17.3. The van der Waals surface area contributed by atoms with Crippen LogP contribution in [0.25, 0.3) is 10.9 Å². The third kappa shape index (κ3) is 3.56. The topological polar surface area (TPSA) is 67.3 Å². The highest BCUT2D eigenvalue weighted by Crippen LogP contribution is 2.28. The highest BCUT2D eigenvalue weighted by Gasteiger charge is 2.17. The first-order valence-electron chi connectivity index (χ1n) is 9.20. The number of methoxy groups -OCH3 is 1. The van der Waals surface area contributed by atoms with Gasteiger partial charge in [0.05, 0.1) is 18.2 Å². The maximum Gasteiger partial charge on any atom is 0.259 e. The molecule has 27 heavy (non-hydrogen) atoms. The van der Waals surface area contributed by atoms with Gasteiger partial charge in [-0.05, 0) is 49.6 Å². The van der Waals surface area contributed by atoms with Gasteiger partial charge in [-0.15, -0.1) is 0 Å². The molecular formula is C21H22N4O2. The highest BCUT2D eigenvalue weighted by atomic mass is 16.5. The maximum absolute atomic E-state index is 12.7. The van der Waals surface area contributed by atoms with E-state index in [4.69, 9.17) is 4.74 Å². The van der Waals surface area contributed by atoms with E-state index in [1.807, 2.05) is 30.3 Å². The summed E-state index contributed by atoms with van der Waals surface area (Å²) in [4.78, 5) is 23.9. The molecule has 1 aliphatic rings. The molecule has 138 valence electrons. The minimum absolute atomic E-state index is 0.205. The zero-order valence-corrected chi connectivity index (χ0v) is 15.3. The number of nitrogens with one attached hydrogen (secondary N) is 1. The molecule has 1 N–H and O–H groups in total. The van der Waals surface area contributed by atoms with Crippen molar-refractivity contribution in [1.82, 2.24) is 9.97 Å². The third-order valence-corrected chi connectivity index (χ3v) is 4.88. The molecule has 0 unspecified atom stereocenters. The number of nitrogens with zero attached hydrogens (tertiary/aromatic N) is 3. The molecule has 4 rings (SSSR count). The van der Waals surface area contributed by atoms with Gasteiger partial charge in [-0.1, -0.05) is 12.1 Å². The Kier molecular flexibility index (Phi) is 4.87. The number of hydrogen-bond acceptors (Lipinski definition) is 5. The Balaban J connectivity index is 1.65. The van der Waals surface area contributed by atoms with E-state index in [9.17, 15) is 4.79 Å². The molecule has 6 heteroatoms. The van der Waals surface area contributed by atoms with Crippen LogP contribution < -0.4 is 15.0 Å². The number of hydrogen-bond donors (Lipinski definition) is 1. The van der Waals surface area contributed by atoms with Crippen molar-refractivity contribution in [2.45, 2.75) is 19.3 Å². The van der Waals surface area contributed by atoms with Gasteiger partial charge in [0.25, 0.3) is 5.91 Å². The molecule has 6 nitrogen and oxygen atoms in total. The molecule has 2 heterocycles. The zero-order valence-electron chi connectivity index (χ0n) is 15.3. The van der Waals surface area contributed by atoms with E-state index in [0.29, 0.717) is 17.0 Å². The van der Waals surface area contributed by atoms with Crippen molar-refractivity contribution in [2.24, 2.45) is 0 Å². The Bertz CT molecular complexity index is 967. The summed E-state index contributed by atoms with van der Waals surface area (Å²) in [5, 5.41) is 3.92. The summed E-state index contributed by atoms with van der Waals surface area (Å²) in [5.41, 5.74) is 2.09. The van der Waals surface area contributed by atoms with Gasteiger partial charge >= 0.3 is 0 Å². The van der Waals surface area contributed by atoms with Crippen LogP contribution >= 0.6 is 0 Å². The van der Waals surface area contributed by atoms with E-state index in [-0.39, 0.29) is 5.91 Å². The number of carbonyl (C=O) groups excluding carboxylic acids is 1. The smallest absolute Gasteiger partial charge is 0.259 e. The molecule has 0 aliphatic carbocycles. The average Bonchev–Trinajstić information content (AvgIpc) is 2.73. The van der Waals surface area contributed by atoms with E-state index < -0.39 is 0 Å². The molecule has 1 aromatic heterocycles. The van der Waals surface area contributed by atoms with Crippen molar-refractivity contribution in [3.05, 3.63) is 54.4 Å². The largest absolute Gasteiger partial charge is 0.496 e. The summed E-state index contributed by atoms with van der Waals surface area (Å²) in [7, 11) is 1.56. The number of amides is 1. The Morgan fingerprint density at radius 2 is 1.89 bits per heavy atom. The Labute approximate surface area is 158 Å². The summed E-state index contributed by atoms with van der Waals surface area (Å²) in [6, 6.07) is 12.9. The van der Waals surface area contributed by atoms with Gasteiger partial charge in [0.15, 0.2) is 0 Å². The minimum Gasteiger partial charge on any atom is -0.496 e. The predicted molar refractivity (Wildman–Crippen MR) is 107 cm³/mol. The first-order chi connectivity index (χ1) is 13.3. The molecule has 0 atom stereocenters. The molecule has 1 aliphatic heterocycles. The number of ether oxygens (including phenoxy) is 1. The van der Waals surface area contributed by atoms with E-state index in [2.05, 4.69) is 20.2 Å². The molecule has 0 bridgehead atoms. The van der Waals surface area contributed by atoms with Crippen LogP contribution in [0.15, 0.2) is 48.8 Å². The van der Waals surface area contributed by atoms with Gasteiger partial charge in [-0.2, -0.15) is 0 Å². The lowest BCUT2D eigenvalue weighted by atomic mass is 10.1. The minimum atomic E-state index is -0.205. The molecule has 1 amide bonds. The van der Waals surface area contributed by atoms with Gasteiger partial charge in [-0.25, -0.2) is 9.97 Å². The summed E-state index contributed by atoms with van der Waals surface area (Å²) in [6.45, 7) is 2.01. The van der Waals surface area contributed by atoms with Crippen LogP contribution in [0.1, 0.15) is 29.6 Å². The van der Waals surface area contributed by atoms with E-state index >= 15 is 0 Å². The quantitative estimate of drug-likeness (QED) is 0.763. The predicted octanol–water partition coefficient (Wildman–Crippen LogP) is 3.88. The van der Waals surface area contributed by atoms with Crippen LogP contribution in [-0.2, 0) is 0 Å². The summed E-state index contributed by atoms with van der Waals surface area (Å²) < 4.78 is 5.29. The van der Waals surface area contributed by atoms with Crippen LogP contribution in [-0.4, -0.2) is 36.1 Å². The molecule has 0 spiro atoms. The van der Waals surface area contributed by atoms with Crippen LogP contribution in [0.3, 0.4) is 0 Å². The number of benzene rings is 2. The number of anilines is 2. The van der Waals surface area contributed by atoms with Crippen molar-refractivity contribution in [3.8, 4) is 5.75 Å². The fourth-order valence-corrected chi connectivity index (χ4v) is 3.51. The van der Waals surface area contributed by atoms with Crippen molar-refractivity contribution < 1.29 is 9.53 Å². The van der Waals surface area contributed by atoms with Crippen molar-refractivity contribution >= 4 is 28.3 Å². The molecular weight excluding hydrogens is 340 g/mol. The molecule has 1 fully saturated rings. The number of aromatic nitrogens is 2. The first-order valence-corrected chi connectivity index (χ1v) is 9.20. The number of fused-ring (bicyclic) bond motifs is 1. The Morgan fingerprint density at radius 1 is 1.07 bits per heavy atom. The highest BCUT2D eigenvalue weighted by molar-refractivity contribution is 6.07. The maximum atomic E-state index is 12.7. The van der Waals surface area contributed by atoms with Crippen molar-refractivity contribution in [1.29, 1.82) is 0 Å². The second-order valence-electron chi connectivity index (χ2n) is 6.63. The van der Waals surface area contributed by atoms with Crippen LogP contribution in [0, 0.1) is 0 Å². The van der Waals surface area contributed by atoms with E-state index in [0.717, 1.165) is 29.8 Å². The second kappa shape index (κ2) is 7.61. The second-order valence-corrected chi connectivity index (χ2v) is 6.63. The summed E-state index contributed by atoms with van der Waals surface area (Å²) >= 11 is 0.